The van der Waals surface area contributed by atoms with Gasteiger partial charge >= 0.3 is 6.18 Å². The molecular formula is C16H13F3O3. The van der Waals surface area contributed by atoms with Gasteiger partial charge in [-0.3, -0.25) is 0 Å². The highest BCUT2D eigenvalue weighted by molar-refractivity contribution is 5.55. The Morgan fingerprint density at radius 1 is 1.05 bits per heavy atom. The Labute approximate surface area is 125 Å². The molecule has 0 saturated heterocycles. The predicted octanol–water partition coefficient (Wildman–Crippen LogP) is 4.25. The molecule has 0 heterocycles. The summed E-state index contributed by atoms with van der Waals surface area (Å²) in [6.07, 6.45) is -3.56. The van der Waals surface area contributed by atoms with Crippen LogP contribution in [-0.2, 0) is 17.4 Å². The summed E-state index contributed by atoms with van der Waals surface area (Å²) in [7, 11) is 1.29. The van der Waals surface area contributed by atoms with Gasteiger partial charge in [0, 0.05) is 6.42 Å². The molecule has 2 rings (SSSR count). The molecule has 0 bridgehead atoms. The summed E-state index contributed by atoms with van der Waals surface area (Å²) in [5, 5.41) is 0. The molecule has 0 spiro atoms. The van der Waals surface area contributed by atoms with Gasteiger partial charge < -0.3 is 14.3 Å². The number of rotatable bonds is 5. The smallest absolute Gasteiger partial charge is 0.420 e. The maximum Gasteiger partial charge on any atom is 0.420 e. The third-order valence-corrected chi connectivity index (χ3v) is 2.96. The van der Waals surface area contributed by atoms with Crippen molar-refractivity contribution in [2.75, 3.05) is 7.11 Å². The van der Waals surface area contributed by atoms with Gasteiger partial charge in [-0.25, -0.2) is 0 Å². The van der Waals surface area contributed by atoms with Gasteiger partial charge in [-0.1, -0.05) is 12.1 Å². The largest absolute Gasteiger partial charge is 0.497 e. The van der Waals surface area contributed by atoms with Crippen LogP contribution in [0.5, 0.6) is 17.2 Å². The fourth-order valence-corrected chi connectivity index (χ4v) is 1.86. The summed E-state index contributed by atoms with van der Waals surface area (Å²) in [5.41, 5.74) is -0.156. The van der Waals surface area contributed by atoms with Crippen molar-refractivity contribution in [2.24, 2.45) is 0 Å². The average Bonchev–Trinajstić information content (AvgIpc) is 2.49. The van der Waals surface area contributed by atoms with E-state index in [0.29, 0.717) is 0 Å². The van der Waals surface area contributed by atoms with Crippen molar-refractivity contribution < 1.29 is 27.4 Å². The fourth-order valence-electron chi connectivity index (χ4n) is 1.86. The summed E-state index contributed by atoms with van der Waals surface area (Å²) in [4.78, 5) is 10.4. The van der Waals surface area contributed by atoms with Gasteiger partial charge in [0.25, 0.3) is 0 Å². The Morgan fingerprint density at radius 3 is 2.23 bits per heavy atom. The molecule has 0 amide bonds. The molecule has 0 unspecified atom stereocenters. The molecule has 0 aliphatic rings. The molecule has 0 aliphatic heterocycles. The lowest BCUT2D eigenvalue weighted by molar-refractivity contribution is -0.138. The second kappa shape index (κ2) is 6.51. The van der Waals surface area contributed by atoms with Crippen molar-refractivity contribution in [3.63, 3.8) is 0 Å². The van der Waals surface area contributed by atoms with Crippen molar-refractivity contribution in [1.82, 2.24) is 0 Å². The molecule has 6 heteroatoms. The van der Waals surface area contributed by atoms with E-state index in [9.17, 15) is 18.0 Å². The molecule has 0 atom stereocenters. The first kappa shape index (κ1) is 15.9. The number of ether oxygens (including phenoxy) is 2. The lowest BCUT2D eigenvalue weighted by Crippen LogP contribution is -2.07. The zero-order valence-electron chi connectivity index (χ0n) is 11.7. The number of alkyl halides is 3. The number of hydrogen-bond acceptors (Lipinski definition) is 3. The summed E-state index contributed by atoms with van der Waals surface area (Å²) in [5.74, 6) is 0.0442. The van der Waals surface area contributed by atoms with Crippen LogP contribution in [0.2, 0.25) is 0 Å². The van der Waals surface area contributed by atoms with Gasteiger partial charge in [0.15, 0.2) is 0 Å². The van der Waals surface area contributed by atoms with E-state index in [4.69, 9.17) is 9.47 Å². The molecule has 22 heavy (non-hydrogen) atoms. The van der Waals surface area contributed by atoms with Crippen molar-refractivity contribution in [2.45, 2.75) is 12.6 Å². The van der Waals surface area contributed by atoms with Crippen LogP contribution in [0.15, 0.2) is 42.5 Å². The van der Waals surface area contributed by atoms with Crippen molar-refractivity contribution in [3.05, 3.63) is 53.6 Å². The van der Waals surface area contributed by atoms with Crippen LogP contribution in [0, 0.1) is 0 Å². The molecule has 0 saturated carbocycles. The Morgan fingerprint density at radius 2 is 1.68 bits per heavy atom. The monoisotopic (exact) mass is 310 g/mol. The lowest BCUT2D eigenvalue weighted by atomic mass is 10.1. The quantitative estimate of drug-likeness (QED) is 0.775. The van der Waals surface area contributed by atoms with Gasteiger partial charge in [0.2, 0.25) is 0 Å². The third-order valence-electron chi connectivity index (χ3n) is 2.96. The lowest BCUT2D eigenvalue weighted by Gasteiger charge is -2.15. The highest BCUT2D eigenvalue weighted by Crippen LogP contribution is 2.40. The number of methoxy groups -OCH3 is 1. The maximum absolute atomic E-state index is 13.1. The van der Waals surface area contributed by atoms with Gasteiger partial charge in [0.1, 0.15) is 29.1 Å². The van der Waals surface area contributed by atoms with Crippen molar-refractivity contribution in [3.8, 4) is 17.2 Å². The first-order chi connectivity index (χ1) is 10.4. The minimum absolute atomic E-state index is 0.0982. The summed E-state index contributed by atoms with van der Waals surface area (Å²) in [6.45, 7) is 0. The van der Waals surface area contributed by atoms with Gasteiger partial charge in [-0.15, -0.1) is 0 Å². The van der Waals surface area contributed by atoms with E-state index in [0.717, 1.165) is 17.9 Å². The van der Waals surface area contributed by atoms with Crippen LogP contribution in [0.4, 0.5) is 13.2 Å². The van der Waals surface area contributed by atoms with E-state index in [1.165, 1.54) is 31.4 Å². The van der Waals surface area contributed by atoms with Gasteiger partial charge in [-0.2, -0.15) is 13.2 Å². The van der Waals surface area contributed by atoms with Crippen LogP contribution in [0.25, 0.3) is 0 Å². The van der Waals surface area contributed by atoms with Crippen LogP contribution < -0.4 is 9.47 Å². The molecule has 0 fully saturated rings. The average molecular weight is 310 g/mol. The second-order valence-corrected chi connectivity index (χ2v) is 4.48. The maximum atomic E-state index is 13.1. The second-order valence-electron chi connectivity index (χ2n) is 4.48. The topological polar surface area (TPSA) is 35.5 Å². The number of benzene rings is 2. The van der Waals surface area contributed by atoms with E-state index in [-0.39, 0.29) is 23.7 Å². The Hall–Kier alpha value is -2.50. The highest BCUT2D eigenvalue weighted by Gasteiger charge is 2.35. The highest BCUT2D eigenvalue weighted by atomic mass is 19.4. The van der Waals surface area contributed by atoms with E-state index in [2.05, 4.69) is 0 Å². The molecule has 116 valence electrons. The molecule has 2 aromatic carbocycles. The molecule has 0 N–H and O–H groups in total. The van der Waals surface area contributed by atoms with E-state index < -0.39 is 11.7 Å². The Balaban J connectivity index is 2.30. The summed E-state index contributed by atoms with van der Waals surface area (Å²) >= 11 is 0. The zero-order valence-corrected chi connectivity index (χ0v) is 11.7. The summed E-state index contributed by atoms with van der Waals surface area (Å²) < 4.78 is 49.3. The molecular weight excluding hydrogens is 297 g/mol. The Kier molecular flexibility index (Phi) is 4.70. The zero-order chi connectivity index (χ0) is 16.2. The number of halogens is 3. The van der Waals surface area contributed by atoms with Crippen LogP contribution >= 0.6 is 0 Å². The van der Waals surface area contributed by atoms with Crippen molar-refractivity contribution in [1.29, 1.82) is 0 Å². The number of carbonyl (C=O) groups is 1. The predicted molar refractivity (Wildman–Crippen MR) is 74.3 cm³/mol. The normalized spacial score (nSPS) is 11.1. The SMILES string of the molecule is COc1ccc(Oc2ccc(CC=O)cc2)c(C(F)(F)F)c1. The van der Waals surface area contributed by atoms with Crippen LogP contribution in [0.1, 0.15) is 11.1 Å². The molecule has 0 aromatic heterocycles. The van der Waals surface area contributed by atoms with Gasteiger partial charge in [-0.05, 0) is 35.9 Å². The first-order valence-electron chi connectivity index (χ1n) is 6.39. The number of hydrogen-bond donors (Lipinski definition) is 0. The number of aldehydes is 1. The fraction of sp³-hybridized carbons (Fsp3) is 0.188. The van der Waals surface area contributed by atoms with E-state index in [1.807, 2.05) is 0 Å². The number of carbonyl (C=O) groups excluding carboxylic acids is 1. The molecule has 0 radical (unpaired) electrons. The van der Waals surface area contributed by atoms with Crippen LogP contribution in [0.3, 0.4) is 0 Å². The standard InChI is InChI=1S/C16H13F3O3/c1-21-13-6-7-15(14(10-13)16(17,18)19)22-12-4-2-11(3-5-12)8-9-20/h2-7,9-10H,8H2,1H3. The molecule has 3 nitrogen and oxygen atoms in total. The Bertz CT molecular complexity index is 649. The third kappa shape index (κ3) is 3.78. The minimum Gasteiger partial charge on any atom is -0.497 e. The van der Waals surface area contributed by atoms with Crippen LogP contribution in [-0.4, -0.2) is 13.4 Å². The molecule has 0 aliphatic carbocycles. The van der Waals surface area contributed by atoms with E-state index >= 15 is 0 Å². The first-order valence-corrected chi connectivity index (χ1v) is 6.39. The van der Waals surface area contributed by atoms with E-state index in [1.54, 1.807) is 12.1 Å². The molecule has 2 aromatic rings. The van der Waals surface area contributed by atoms with Crippen molar-refractivity contribution >= 4 is 6.29 Å². The van der Waals surface area contributed by atoms with Gasteiger partial charge in [0.05, 0.1) is 7.11 Å². The summed E-state index contributed by atoms with van der Waals surface area (Å²) in [6, 6.07) is 9.77. The minimum atomic E-state index is -4.55.